The first-order valence-electron chi connectivity index (χ1n) is 4.81. The van der Waals surface area contributed by atoms with Crippen molar-refractivity contribution in [3.63, 3.8) is 0 Å². The molecule has 0 radical (unpaired) electrons. The molecule has 1 atom stereocenters. The molecule has 0 fully saturated rings. The number of hydrogen-bond donors (Lipinski definition) is 0. The Kier molecular flexibility index (Phi) is 12.6. The van der Waals surface area contributed by atoms with Crippen LogP contribution < -0.4 is 0 Å². The van der Waals surface area contributed by atoms with Crippen molar-refractivity contribution in [3.05, 3.63) is 0 Å². The normalized spacial score (nSPS) is 14.6. The molecule has 0 saturated heterocycles. The van der Waals surface area contributed by atoms with Crippen molar-refractivity contribution in [2.45, 2.75) is 39.8 Å². The summed E-state index contributed by atoms with van der Waals surface area (Å²) in [5.41, 5.74) is 0. The first kappa shape index (κ1) is 12.3. The minimum atomic E-state index is -1.42. The van der Waals surface area contributed by atoms with Gasteiger partial charge in [-0.05, 0) is 27.7 Å². The minimum absolute atomic E-state index is 0.312. The van der Waals surface area contributed by atoms with Gasteiger partial charge in [-0.15, -0.1) is 0 Å². The Morgan fingerprint density at radius 2 is 1.69 bits per heavy atom. The van der Waals surface area contributed by atoms with E-state index < -0.39 is 24.3 Å². The molecule has 0 heterocycles. The van der Waals surface area contributed by atoms with Gasteiger partial charge in [0.25, 0.3) is 0 Å². The fraction of sp³-hybridized carbons (Fsp3) is 0.875. The van der Waals surface area contributed by atoms with Gasteiger partial charge in [0, 0.05) is 0 Å². The molecule has 0 rings (SSSR count). The van der Waals surface area contributed by atoms with Crippen LogP contribution in [0, 0.1) is 0 Å². The van der Waals surface area contributed by atoms with Gasteiger partial charge >= 0.3 is 53.1 Å². The van der Waals surface area contributed by atoms with Crippen LogP contribution in [-0.4, -0.2) is 24.9 Å². The Balaban J connectivity index is 0. The summed E-state index contributed by atoms with van der Waals surface area (Å²) in [6.07, 6.45) is 0. The molecule has 0 bridgehead atoms. The molecular formula is C8H19I2N2P. The molecule has 0 aromatic carbocycles. The van der Waals surface area contributed by atoms with E-state index in [-0.39, 0.29) is 0 Å². The van der Waals surface area contributed by atoms with Gasteiger partial charge in [-0.1, -0.05) is 0 Å². The molecule has 0 aromatic rings. The van der Waals surface area contributed by atoms with Gasteiger partial charge in [0.1, 0.15) is 0 Å². The molecule has 0 aromatic heterocycles. The third-order valence-corrected chi connectivity index (χ3v) is 9.26. The molecule has 2 nitrogen and oxygen atoms in total. The molecule has 5 heteroatoms. The van der Waals surface area contributed by atoms with Crippen molar-refractivity contribution in [3.8, 4) is 0 Å². The Bertz CT molecular complexity index is 187. The van der Waals surface area contributed by atoms with Crippen LogP contribution in [0.1, 0.15) is 27.7 Å². The number of hydrogen-bond acceptors (Lipinski definition) is 2. The van der Waals surface area contributed by atoms with Gasteiger partial charge in [0.15, 0.2) is 0 Å². The molecule has 13 heavy (non-hydrogen) atoms. The molecule has 0 aliphatic heterocycles. The van der Waals surface area contributed by atoms with E-state index in [1.165, 1.54) is 0 Å². The van der Waals surface area contributed by atoms with Crippen molar-refractivity contribution in [2.24, 2.45) is 9.98 Å². The summed E-state index contributed by atoms with van der Waals surface area (Å²) >= 11 is 0.630. The van der Waals surface area contributed by atoms with Crippen LogP contribution in [0.15, 0.2) is 9.98 Å². The molecule has 0 amide bonds. The van der Waals surface area contributed by atoms with E-state index in [4.69, 9.17) is 1.87 Å². The summed E-state index contributed by atoms with van der Waals surface area (Å²) in [6.45, 7) is 8.01. The van der Waals surface area contributed by atoms with E-state index in [9.17, 15) is 0 Å². The fourth-order valence-electron chi connectivity index (χ4n) is 0.264. The van der Waals surface area contributed by atoms with Gasteiger partial charge in [-0.2, -0.15) is 0 Å². The molecule has 0 aliphatic rings. The Hall–Kier alpha value is 1.27. The van der Waals surface area contributed by atoms with Crippen molar-refractivity contribution in [1.29, 1.82) is 1.87 Å². The van der Waals surface area contributed by atoms with Gasteiger partial charge in [0.2, 0.25) is 0 Å². The Labute approximate surface area is 108 Å². The third kappa shape index (κ3) is 24.6. The second-order valence-electron chi connectivity index (χ2n) is 2.78. The van der Waals surface area contributed by atoms with Crippen molar-refractivity contribution >= 4 is 52.3 Å². The van der Waals surface area contributed by atoms with Crippen LogP contribution in [0.3, 0.4) is 0 Å². The van der Waals surface area contributed by atoms with E-state index in [0.29, 0.717) is 12.1 Å². The summed E-state index contributed by atoms with van der Waals surface area (Å²) in [6, 6.07) is 3.26. The number of rotatable bonds is 3. The van der Waals surface area contributed by atoms with E-state index >= 15 is 0 Å². The monoisotopic (exact) mass is 430 g/mol. The van der Waals surface area contributed by atoms with Gasteiger partial charge in [-0.25, -0.2) is 9.98 Å². The van der Waals surface area contributed by atoms with Crippen LogP contribution in [0.25, 0.3) is 0 Å². The molecule has 80 valence electrons. The summed E-state index contributed by atoms with van der Waals surface area (Å²) in [5.74, 6) is 0. The first-order valence-corrected chi connectivity index (χ1v) is 12.6. The van der Waals surface area contributed by atoms with Gasteiger partial charge in [-0.3, -0.25) is 0 Å². The molecule has 0 N–H and O–H groups in total. The standard InChI is InChI=1S/C7H14N2.CH5I2P/c1-6(2)8-5-9-7(3)4;1-3-4-2/h6-7H,1-4H3;3-4H,1H3/i;3D,4D. The van der Waals surface area contributed by atoms with Crippen LogP contribution >= 0.6 is 46.3 Å². The van der Waals surface area contributed by atoms with Crippen LogP contribution in [0.4, 0.5) is 0 Å². The van der Waals surface area contributed by atoms with Gasteiger partial charge in [0.05, 0.1) is 18.1 Å². The third-order valence-electron chi connectivity index (χ3n) is 0.696. The summed E-state index contributed by atoms with van der Waals surface area (Å²) in [4.78, 5) is 9.79. The van der Waals surface area contributed by atoms with E-state index in [2.05, 4.69) is 16.0 Å². The van der Waals surface area contributed by atoms with Crippen molar-refractivity contribution in [1.82, 2.24) is 0 Å². The fourth-order valence-corrected chi connectivity index (χ4v) is 0.264. The summed E-state index contributed by atoms with van der Waals surface area (Å²) in [7, 11) is 0. The van der Waals surface area contributed by atoms with E-state index in [1.54, 1.807) is 0 Å². The van der Waals surface area contributed by atoms with E-state index in [1.807, 2.05) is 54.7 Å². The summed E-state index contributed by atoms with van der Waals surface area (Å²) in [5, 5.41) is 0. The molecule has 1 unspecified atom stereocenters. The number of aliphatic imine (C=N–C) groups is 2. The molecule has 0 saturated carbocycles. The molecule has 0 aliphatic carbocycles. The Morgan fingerprint density at radius 1 is 1.38 bits per heavy atom. The summed E-state index contributed by atoms with van der Waals surface area (Å²) < 4.78 is 13.4. The van der Waals surface area contributed by atoms with Crippen molar-refractivity contribution < 1.29 is 0 Å². The maximum atomic E-state index is 7.02. The second kappa shape index (κ2) is 13.3. The zero-order chi connectivity index (χ0) is 12.4. The zero-order valence-corrected chi connectivity index (χ0v) is 14.0. The predicted octanol–water partition coefficient (Wildman–Crippen LogP) is 4.24. The number of halogens is 2. The van der Waals surface area contributed by atoms with Crippen LogP contribution in [-0.2, 0) is 0 Å². The van der Waals surface area contributed by atoms with Crippen molar-refractivity contribution in [2.75, 3.05) is 4.93 Å². The second-order valence-corrected chi connectivity index (χ2v) is 14.6. The first-order chi connectivity index (χ1) is 6.77. The van der Waals surface area contributed by atoms with Crippen LogP contribution in [0.2, 0.25) is 0 Å². The average Bonchev–Trinajstić information content (AvgIpc) is 2.03. The average molecular weight is 430 g/mol. The molecule has 0 spiro atoms. The van der Waals surface area contributed by atoms with Gasteiger partial charge < -0.3 is 0 Å². The van der Waals surface area contributed by atoms with E-state index in [0.717, 1.165) is 0 Å². The number of nitrogens with zero attached hydrogens (tertiary/aromatic N) is 2. The quantitative estimate of drug-likeness (QED) is 0.277. The number of alkyl halides is 1. The SMILES string of the molecule is CC(C)N=C=NC(C)C.[2H]P(I)I([2H])C. The topological polar surface area (TPSA) is 24.7 Å². The van der Waals surface area contributed by atoms with Crippen LogP contribution in [0.5, 0.6) is 0 Å². The predicted molar refractivity (Wildman–Crippen MR) is 83.8 cm³/mol. The zero-order valence-electron chi connectivity index (χ0n) is 10.8. The molecular weight excluding hydrogens is 409 g/mol. The maximum absolute atomic E-state index is 7.02. The Morgan fingerprint density at radius 3 is 1.85 bits per heavy atom.